The largest absolute Gasteiger partial charge is 0.469 e. The van der Waals surface area contributed by atoms with Crippen LogP contribution in [-0.2, 0) is 14.3 Å². The highest BCUT2D eigenvalue weighted by atomic mass is 16.5. The molecule has 90 valence electrons. The molecular formula is C10H12N4O3. The molecule has 1 unspecified atom stereocenters. The average Bonchev–Trinajstić information content (AvgIpc) is 2.71. The molecule has 7 heteroatoms. The Morgan fingerprint density at radius 1 is 1.65 bits per heavy atom. The third-order valence-corrected chi connectivity index (χ3v) is 2.63. The van der Waals surface area contributed by atoms with Crippen LogP contribution in [0.2, 0.25) is 0 Å². The summed E-state index contributed by atoms with van der Waals surface area (Å²) in [7, 11) is 1.30. The van der Waals surface area contributed by atoms with Gasteiger partial charge < -0.3 is 10.5 Å². The van der Waals surface area contributed by atoms with Crippen molar-refractivity contribution in [3.63, 3.8) is 0 Å². The highest BCUT2D eigenvalue weighted by Gasteiger charge is 2.37. The fourth-order valence-corrected chi connectivity index (χ4v) is 1.80. The normalized spacial score (nSPS) is 19.5. The number of hydrogen-bond acceptors (Lipinski definition) is 6. The summed E-state index contributed by atoms with van der Waals surface area (Å²) < 4.78 is 4.62. The molecule has 1 saturated heterocycles. The van der Waals surface area contributed by atoms with Crippen molar-refractivity contribution in [2.45, 2.75) is 6.42 Å². The zero-order valence-corrected chi connectivity index (χ0v) is 9.29. The van der Waals surface area contributed by atoms with Crippen LogP contribution in [0.25, 0.3) is 0 Å². The van der Waals surface area contributed by atoms with Crippen molar-refractivity contribution in [3.8, 4) is 0 Å². The number of rotatable bonds is 2. The van der Waals surface area contributed by atoms with Gasteiger partial charge in [-0.05, 0) is 0 Å². The maximum absolute atomic E-state index is 11.8. The molecule has 2 N–H and O–H groups in total. The van der Waals surface area contributed by atoms with Crippen LogP contribution in [0.3, 0.4) is 0 Å². The number of hydrogen-bond donors (Lipinski definition) is 1. The van der Waals surface area contributed by atoms with Crippen LogP contribution < -0.4 is 10.6 Å². The van der Waals surface area contributed by atoms with E-state index in [1.165, 1.54) is 24.5 Å². The van der Waals surface area contributed by atoms with E-state index >= 15 is 0 Å². The number of nitrogen functional groups attached to an aromatic ring is 1. The minimum atomic E-state index is -0.457. The molecule has 1 atom stereocenters. The summed E-state index contributed by atoms with van der Waals surface area (Å²) in [6.45, 7) is 0.243. The molecule has 1 aromatic rings. The molecule has 1 aliphatic rings. The monoisotopic (exact) mass is 236 g/mol. The van der Waals surface area contributed by atoms with E-state index in [9.17, 15) is 9.59 Å². The van der Waals surface area contributed by atoms with Crippen molar-refractivity contribution in [1.29, 1.82) is 0 Å². The standard InChI is InChI=1S/C10H12N4O3/c1-17-10(16)6-2-8(15)14(4-6)9-7(11)3-12-5-13-9/h3,5-6H,2,4,11H2,1H3. The molecule has 1 aromatic heterocycles. The summed E-state index contributed by atoms with van der Waals surface area (Å²) in [5.41, 5.74) is 5.99. The number of aromatic nitrogens is 2. The Bertz CT molecular complexity index is 463. The van der Waals surface area contributed by atoms with Crippen molar-refractivity contribution >= 4 is 23.4 Å². The lowest BCUT2D eigenvalue weighted by molar-refractivity contribution is -0.145. The van der Waals surface area contributed by atoms with Gasteiger partial charge in [0.2, 0.25) is 5.91 Å². The number of methoxy groups -OCH3 is 1. The second-order valence-corrected chi connectivity index (χ2v) is 3.73. The van der Waals surface area contributed by atoms with E-state index in [0.29, 0.717) is 11.5 Å². The average molecular weight is 236 g/mol. The van der Waals surface area contributed by atoms with Gasteiger partial charge in [0.1, 0.15) is 6.33 Å². The van der Waals surface area contributed by atoms with Crippen LogP contribution in [0, 0.1) is 5.92 Å². The molecule has 1 amide bonds. The fourth-order valence-electron chi connectivity index (χ4n) is 1.80. The first kappa shape index (κ1) is 11.3. The highest BCUT2D eigenvalue weighted by molar-refractivity contribution is 6.00. The van der Waals surface area contributed by atoms with Gasteiger partial charge >= 0.3 is 5.97 Å². The number of anilines is 2. The minimum Gasteiger partial charge on any atom is -0.469 e. The van der Waals surface area contributed by atoms with Crippen molar-refractivity contribution in [2.75, 3.05) is 24.3 Å². The number of amides is 1. The molecule has 1 aliphatic heterocycles. The predicted molar refractivity (Wildman–Crippen MR) is 58.9 cm³/mol. The van der Waals surface area contributed by atoms with E-state index in [1.807, 2.05) is 0 Å². The molecule has 1 fully saturated rings. The molecule has 0 aliphatic carbocycles. The van der Waals surface area contributed by atoms with Crippen LogP contribution >= 0.6 is 0 Å². The quantitative estimate of drug-likeness (QED) is 0.700. The van der Waals surface area contributed by atoms with Gasteiger partial charge in [0, 0.05) is 13.0 Å². The third-order valence-electron chi connectivity index (χ3n) is 2.63. The highest BCUT2D eigenvalue weighted by Crippen LogP contribution is 2.27. The molecule has 0 radical (unpaired) electrons. The lowest BCUT2D eigenvalue weighted by Crippen LogP contribution is -2.27. The number of carbonyl (C=O) groups is 2. The van der Waals surface area contributed by atoms with Gasteiger partial charge in [0.05, 0.1) is 24.9 Å². The molecular weight excluding hydrogens is 224 g/mol. The summed E-state index contributed by atoms with van der Waals surface area (Å²) in [5, 5.41) is 0. The Morgan fingerprint density at radius 2 is 2.41 bits per heavy atom. The number of nitrogens with zero attached hydrogens (tertiary/aromatic N) is 3. The molecule has 0 bridgehead atoms. The van der Waals surface area contributed by atoms with Gasteiger partial charge in [-0.25, -0.2) is 9.97 Å². The molecule has 2 heterocycles. The number of ether oxygens (including phenoxy) is 1. The van der Waals surface area contributed by atoms with E-state index in [0.717, 1.165) is 0 Å². The van der Waals surface area contributed by atoms with E-state index in [-0.39, 0.29) is 18.9 Å². The fraction of sp³-hybridized carbons (Fsp3) is 0.400. The van der Waals surface area contributed by atoms with Crippen molar-refractivity contribution in [3.05, 3.63) is 12.5 Å². The predicted octanol–water partition coefficient (Wildman–Crippen LogP) is -0.415. The molecule has 0 spiro atoms. The first-order valence-electron chi connectivity index (χ1n) is 5.07. The number of nitrogens with two attached hydrogens (primary N) is 1. The number of carbonyl (C=O) groups excluding carboxylic acids is 2. The molecule has 0 aromatic carbocycles. The van der Waals surface area contributed by atoms with E-state index in [1.54, 1.807) is 0 Å². The molecule has 2 rings (SSSR count). The van der Waals surface area contributed by atoms with Crippen molar-refractivity contribution in [2.24, 2.45) is 5.92 Å². The molecule has 0 saturated carbocycles. The summed E-state index contributed by atoms with van der Waals surface area (Å²) in [6, 6.07) is 0. The Kier molecular flexibility index (Phi) is 2.90. The Labute approximate surface area is 97.6 Å². The van der Waals surface area contributed by atoms with E-state index < -0.39 is 11.9 Å². The molecule has 7 nitrogen and oxygen atoms in total. The maximum atomic E-state index is 11.8. The lowest BCUT2D eigenvalue weighted by Gasteiger charge is -2.16. The second-order valence-electron chi connectivity index (χ2n) is 3.73. The topological polar surface area (TPSA) is 98.4 Å². The Balaban J connectivity index is 2.22. The SMILES string of the molecule is COC(=O)C1CC(=O)N(c2ncncc2N)C1. The Morgan fingerprint density at radius 3 is 3.06 bits per heavy atom. The van der Waals surface area contributed by atoms with Gasteiger partial charge in [-0.1, -0.05) is 0 Å². The second kappa shape index (κ2) is 4.36. The maximum Gasteiger partial charge on any atom is 0.311 e. The van der Waals surface area contributed by atoms with Crippen molar-refractivity contribution in [1.82, 2.24) is 9.97 Å². The van der Waals surface area contributed by atoms with Gasteiger partial charge in [0.25, 0.3) is 0 Å². The van der Waals surface area contributed by atoms with Crippen LogP contribution in [-0.4, -0.2) is 35.5 Å². The van der Waals surface area contributed by atoms with Gasteiger partial charge in [-0.15, -0.1) is 0 Å². The van der Waals surface area contributed by atoms with Gasteiger partial charge in [0.15, 0.2) is 5.82 Å². The third kappa shape index (κ3) is 2.03. The van der Waals surface area contributed by atoms with Gasteiger partial charge in [-0.2, -0.15) is 0 Å². The Hall–Kier alpha value is -2.18. The van der Waals surface area contributed by atoms with Crippen LogP contribution in [0.5, 0.6) is 0 Å². The van der Waals surface area contributed by atoms with Crippen LogP contribution in [0.1, 0.15) is 6.42 Å². The van der Waals surface area contributed by atoms with E-state index in [2.05, 4.69) is 14.7 Å². The van der Waals surface area contributed by atoms with Crippen LogP contribution in [0.4, 0.5) is 11.5 Å². The minimum absolute atomic E-state index is 0.121. The zero-order valence-electron chi connectivity index (χ0n) is 9.29. The van der Waals surface area contributed by atoms with E-state index in [4.69, 9.17) is 5.73 Å². The summed E-state index contributed by atoms with van der Waals surface area (Å²) in [5.74, 6) is -0.697. The summed E-state index contributed by atoms with van der Waals surface area (Å²) >= 11 is 0. The lowest BCUT2D eigenvalue weighted by atomic mass is 10.1. The van der Waals surface area contributed by atoms with Crippen LogP contribution in [0.15, 0.2) is 12.5 Å². The smallest absolute Gasteiger partial charge is 0.311 e. The first-order valence-corrected chi connectivity index (χ1v) is 5.07. The molecule has 17 heavy (non-hydrogen) atoms. The summed E-state index contributed by atoms with van der Waals surface area (Å²) in [6.07, 6.45) is 2.85. The zero-order chi connectivity index (χ0) is 12.4. The van der Waals surface area contributed by atoms with Gasteiger partial charge in [-0.3, -0.25) is 14.5 Å². The summed E-state index contributed by atoms with van der Waals surface area (Å²) in [4.78, 5) is 32.2. The van der Waals surface area contributed by atoms with Crippen molar-refractivity contribution < 1.29 is 14.3 Å². The first-order chi connectivity index (χ1) is 8.13. The number of esters is 1.